The van der Waals surface area contributed by atoms with Crippen LogP contribution < -0.4 is 5.32 Å². The van der Waals surface area contributed by atoms with Crippen molar-refractivity contribution in [1.29, 1.82) is 0 Å². The van der Waals surface area contributed by atoms with Gasteiger partial charge in [0.2, 0.25) is 0 Å². The molecule has 2 saturated heterocycles. The number of piperazine rings is 1. The van der Waals surface area contributed by atoms with Gasteiger partial charge in [0.05, 0.1) is 0 Å². The maximum Gasteiger partial charge on any atom is 0.317 e. The molecule has 0 radical (unpaired) electrons. The molecule has 80 valence electrons. The molecule has 2 fully saturated rings. The van der Waals surface area contributed by atoms with Crippen LogP contribution in [0.1, 0.15) is 19.3 Å². The normalized spacial score (nSPS) is 28.4. The summed E-state index contributed by atoms with van der Waals surface area (Å²) in [5.74, 6) is 0. The maximum absolute atomic E-state index is 11.4. The van der Waals surface area contributed by atoms with E-state index in [0.717, 1.165) is 19.6 Å². The molecular weight excluding hydrogens is 178 g/mol. The van der Waals surface area contributed by atoms with Crippen LogP contribution in [0.15, 0.2) is 0 Å². The number of nitrogens with zero attached hydrogens (tertiary/aromatic N) is 2. The molecule has 14 heavy (non-hydrogen) atoms. The molecule has 0 aromatic carbocycles. The number of piperidine rings is 1. The van der Waals surface area contributed by atoms with E-state index in [9.17, 15) is 4.79 Å². The Labute approximate surface area is 85.2 Å². The van der Waals surface area contributed by atoms with E-state index in [1.807, 2.05) is 4.90 Å². The molecule has 2 amide bonds. The van der Waals surface area contributed by atoms with E-state index in [2.05, 4.69) is 10.2 Å². The molecule has 4 nitrogen and oxygen atoms in total. The second-order valence-electron chi connectivity index (χ2n) is 4.19. The standard InChI is InChI=1S/C10H19N3O/c1-11-10(14)13-7-6-12-5-3-2-4-9(12)8-13/h9H,2-8H2,1H3,(H,11,14). The molecule has 2 aliphatic heterocycles. The van der Waals surface area contributed by atoms with Crippen LogP contribution in [0.25, 0.3) is 0 Å². The fourth-order valence-corrected chi connectivity index (χ4v) is 2.50. The number of nitrogens with one attached hydrogen (secondary N) is 1. The van der Waals surface area contributed by atoms with Crippen molar-refractivity contribution in [3.05, 3.63) is 0 Å². The third kappa shape index (κ3) is 1.85. The average Bonchev–Trinajstić information content (AvgIpc) is 2.27. The first kappa shape index (κ1) is 9.77. The van der Waals surface area contributed by atoms with Gasteiger partial charge in [-0.05, 0) is 19.4 Å². The Balaban J connectivity index is 1.92. The Bertz CT molecular complexity index is 219. The summed E-state index contributed by atoms with van der Waals surface area (Å²) < 4.78 is 0. The monoisotopic (exact) mass is 197 g/mol. The Morgan fingerprint density at radius 3 is 2.93 bits per heavy atom. The molecule has 2 heterocycles. The zero-order valence-corrected chi connectivity index (χ0v) is 8.83. The lowest BCUT2D eigenvalue weighted by molar-refractivity contribution is 0.0649. The lowest BCUT2D eigenvalue weighted by Gasteiger charge is -2.43. The molecule has 0 aromatic rings. The van der Waals surface area contributed by atoms with E-state index in [4.69, 9.17) is 0 Å². The van der Waals surface area contributed by atoms with Gasteiger partial charge in [-0.3, -0.25) is 4.90 Å². The lowest BCUT2D eigenvalue weighted by atomic mass is 10.00. The summed E-state index contributed by atoms with van der Waals surface area (Å²) in [5.41, 5.74) is 0. The van der Waals surface area contributed by atoms with Gasteiger partial charge in [-0.15, -0.1) is 0 Å². The Kier molecular flexibility index (Phi) is 2.91. The second-order valence-corrected chi connectivity index (χ2v) is 4.19. The maximum atomic E-state index is 11.4. The molecule has 1 atom stereocenters. The number of carbonyl (C=O) groups excluding carboxylic acids is 1. The molecule has 0 spiro atoms. The van der Waals surface area contributed by atoms with Gasteiger partial charge < -0.3 is 10.2 Å². The smallest absolute Gasteiger partial charge is 0.317 e. The van der Waals surface area contributed by atoms with Gasteiger partial charge in [0, 0.05) is 32.7 Å². The summed E-state index contributed by atoms with van der Waals surface area (Å²) in [5, 5.41) is 2.70. The third-order valence-electron chi connectivity index (χ3n) is 3.34. The summed E-state index contributed by atoms with van der Waals surface area (Å²) in [6.07, 6.45) is 3.91. The van der Waals surface area contributed by atoms with E-state index in [0.29, 0.717) is 6.04 Å². The zero-order chi connectivity index (χ0) is 9.97. The number of urea groups is 1. The number of hydrogen-bond donors (Lipinski definition) is 1. The number of amides is 2. The topological polar surface area (TPSA) is 35.6 Å². The Morgan fingerprint density at radius 2 is 2.14 bits per heavy atom. The van der Waals surface area contributed by atoms with E-state index >= 15 is 0 Å². The highest BCUT2D eigenvalue weighted by molar-refractivity contribution is 5.73. The lowest BCUT2D eigenvalue weighted by Crippen LogP contribution is -2.57. The largest absolute Gasteiger partial charge is 0.341 e. The molecular formula is C10H19N3O. The van der Waals surface area contributed by atoms with Crippen molar-refractivity contribution >= 4 is 6.03 Å². The van der Waals surface area contributed by atoms with Crippen molar-refractivity contribution in [1.82, 2.24) is 15.1 Å². The van der Waals surface area contributed by atoms with Gasteiger partial charge in [0.15, 0.2) is 0 Å². The van der Waals surface area contributed by atoms with Crippen LogP contribution >= 0.6 is 0 Å². The van der Waals surface area contributed by atoms with Crippen LogP contribution in [0.3, 0.4) is 0 Å². The summed E-state index contributed by atoms with van der Waals surface area (Å²) in [7, 11) is 1.70. The molecule has 0 aliphatic carbocycles. The van der Waals surface area contributed by atoms with Crippen LogP contribution in [0.5, 0.6) is 0 Å². The number of rotatable bonds is 0. The Hall–Kier alpha value is -0.770. The highest BCUT2D eigenvalue weighted by Crippen LogP contribution is 2.20. The van der Waals surface area contributed by atoms with Gasteiger partial charge in [-0.25, -0.2) is 4.79 Å². The first-order valence-corrected chi connectivity index (χ1v) is 5.52. The minimum absolute atomic E-state index is 0.0789. The average molecular weight is 197 g/mol. The summed E-state index contributed by atoms with van der Waals surface area (Å²) in [4.78, 5) is 15.9. The van der Waals surface area contributed by atoms with Gasteiger partial charge >= 0.3 is 6.03 Å². The van der Waals surface area contributed by atoms with E-state index in [1.54, 1.807) is 7.05 Å². The number of carbonyl (C=O) groups is 1. The molecule has 0 bridgehead atoms. The van der Waals surface area contributed by atoms with Gasteiger partial charge in [-0.1, -0.05) is 6.42 Å². The quantitative estimate of drug-likeness (QED) is 0.613. The van der Waals surface area contributed by atoms with Gasteiger partial charge in [-0.2, -0.15) is 0 Å². The minimum atomic E-state index is 0.0789. The molecule has 4 heteroatoms. The molecule has 0 aromatic heterocycles. The first-order valence-electron chi connectivity index (χ1n) is 5.52. The highest BCUT2D eigenvalue weighted by atomic mass is 16.2. The molecule has 2 rings (SSSR count). The predicted molar refractivity (Wildman–Crippen MR) is 55.2 cm³/mol. The van der Waals surface area contributed by atoms with Gasteiger partial charge in [0.1, 0.15) is 0 Å². The van der Waals surface area contributed by atoms with Crippen LogP contribution in [-0.4, -0.2) is 55.1 Å². The molecule has 2 aliphatic rings. The van der Waals surface area contributed by atoms with Crippen molar-refractivity contribution in [2.45, 2.75) is 25.3 Å². The van der Waals surface area contributed by atoms with Crippen molar-refractivity contribution in [2.75, 3.05) is 33.2 Å². The number of fused-ring (bicyclic) bond motifs is 1. The predicted octanol–water partition coefficient (Wildman–Crippen LogP) is 0.496. The van der Waals surface area contributed by atoms with Crippen molar-refractivity contribution in [2.24, 2.45) is 0 Å². The minimum Gasteiger partial charge on any atom is -0.341 e. The highest BCUT2D eigenvalue weighted by Gasteiger charge is 2.30. The fourth-order valence-electron chi connectivity index (χ4n) is 2.50. The van der Waals surface area contributed by atoms with Gasteiger partial charge in [0.25, 0.3) is 0 Å². The fraction of sp³-hybridized carbons (Fsp3) is 0.900. The Morgan fingerprint density at radius 1 is 1.29 bits per heavy atom. The second kappa shape index (κ2) is 4.17. The van der Waals surface area contributed by atoms with Crippen molar-refractivity contribution in [3.63, 3.8) is 0 Å². The van der Waals surface area contributed by atoms with Crippen LogP contribution in [0, 0.1) is 0 Å². The third-order valence-corrected chi connectivity index (χ3v) is 3.34. The van der Waals surface area contributed by atoms with E-state index in [1.165, 1.54) is 25.8 Å². The van der Waals surface area contributed by atoms with Crippen LogP contribution in [0.2, 0.25) is 0 Å². The number of hydrogen-bond acceptors (Lipinski definition) is 2. The summed E-state index contributed by atoms with van der Waals surface area (Å²) in [6.45, 7) is 4.08. The van der Waals surface area contributed by atoms with E-state index in [-0.39, 0.29) is 6.03 Å². The van der Waals surface area contributed by atoms with Crippen molar-refractivity contribution < 1.29 is 4.79 Å². The zero-order valence-electron chi connectivity index (χ0n) is 8.83. The summed E-state index contributed by atoms with van der Waals surface area (Å²) in [6, 6.07) is 0.699. The molecule has 0 saturated carbocycles. The van der Waals surface area contributed by atoms with Crippen LogP contribution in [0.4, 0.5) is 4.79 Å². The van der Waals surface area contributed by atoms with Crippen LogP contribution in [-0.2, 0) is 0 Å². The van der Waals surface area contributed by atoms with E-state index < -0.39 is 0 Å². The SMILES string of the molecule is CNC(=O)N1CCN2CCCCC2C1. The molecule has 1 N–H and O–H groups in total. The summed E-state index contributed by atoms with van der Waals surface area (Å²) >= 11 is 0. The van der Waals surface area contributed by atoms with Crippen molar-refractivity contribution in [3.8, 4) is 0 Å². The molecule has 1 unspecified atom stereocenters. The first-order chi connectivity index (χ1) is 6.81.